The van der Waals surface area contributed by atoms with Crippen molar-refractivity contribution in [2.45, 2.75) is 0 Å². The van der Waals surface area contributed by atoms with Crippen LogP contribution in [0.5, 0.6) is 0 Å². The molecule has 0 aliphatic rings. The molecule has 4 aromatic heterocycles. The lowest BCUT2D eigenvalue weighted by Gasteiger charge is -1.94. The van der Waals surface area contributed by atoms with Crippen molar-refractivity contribution in [3.05, 3.63) is 51.0 Å². The Hall–Kier alpha value is -2.56. The number of nitrogens with one attached hydrogen (secondary N) is 2. The zero-order chi connectivity index (χ0) is 11.6. The number of rotatable bonds is 0. The second-order valence-corrected chi connectivity index (χ2v) is 4.05. The van der Waals surface area contributed by atoms with Gasteiger partial charge in [0.2, 0.25) is 0 Å². The van der Waals surface area contributed by atoms with Gasteiger partial charge in [-0.15, -0.1) is 0 Å². The van der Waals surface area contributed by atoms with E-state index in [1.165, 1.54) is 0 Å². The molecule has 0 saturated heterocycles. The Labute approximate surface area is 93.6 Å². The smallest absolute Gasteiger partial charge is 0.272 e. The van der Waals surface area contributed by atoms with E-state index in [2.05, 4.69) is 10.2 Å². The fourth-order valence-electron chi connectivity index (χ4n) is 2.51. The molecule has 2 N–H and O–H groups in total. The maximum Gasteiger partial charge on any atom is 0.272 e. The first kappa shape index (κ1) is 8.58. The van der Waals surface area contributed by atoms with Crippen LogP contribution in [0.1, 0.15) is 0 Å². The first-order chi connectivity index (χ1) is 8.27. The highest BCUT2D eigenvalue weighted by molar-refractivity contribution is 6.08. The second kappa shape index (κ2) is 2.57. The Morgan fingerprint density at radius 1 is 0.824 bits per heavy atom. The molecule has 82 valence electrons. The van der Waals surface area contributed by atoms with Crippen molar-refractivity contribution < 1.29 is 0 Å². The molecule has 0 aromatic carbocycles. The van der Waals surface area contributed by atoms with Crippen LogP contribution in [-0.2, 0) is 0 Å². The Kier molecular flexibility index (Phi) is 1.30. The van der Waals surface area contributed by atoms with Gasteiger partial charge in [0, 0.05) is 5.52 Å². The van der Waals surface area contributed by atoms with Crippen molar-refractivity contribution in [3.8, 4) is 0 Å². The van der Waals surface area contributed by atoms with E-state index in [1.54, 1.807) is 0 Å². The Balaban J connectivity index is 2.62. The SMILES string of the molecule is O=c1[nH][nH]c(=O)c2c1c1cccc3ccc2n31. The summed E-state index contributed by atoms with van der Waals surface area (Å²) in [6.07, 6.45) is 0. The van der Waals surface area contributed by atoms with E-state index in [9.17, 15) is 9.59 Å². The second-order valence-electron chi connectivity index (χ2n) is 4.05. The summed E-state index contributed by atoms with van der Waals surface area (Å²) < 4.78 is 1.93. The molecule has 4 aromatic rings. The molecule has 4 rings (SSSR count). The number of pyridine rings is 1. The molecule has 0 aliphatic carbocycles. The maximum atomic E-state index is 11.8. The molecular weight excluding hydrogens is 218 g/mol. The van der Waals surface area contributed by atoms with E-state index in [1.807, 2.05) is 34.7 Å². The monoisotopic (exact) mass is 225 g/mol. The quantitative estimate of drug-likeness (QED) is 0.469. The maximum absolute atomic E-state index is 11.8. The molecule has 0 fully saturated rings. The van der Waals surface area contributed by atoms with Crippen LogP contribution in [0.4, 0.5) is 0 Å². The van der Waals surface area contributed by atoms with Crippen LogP contribution in [0.25, 0.3) is 27.3 Å². The zero-order valence-corrected chi connectivity index (χ0v) is 8.65. The summed E-state index contributed by atoms with van der Waals surface area (Å²) in [5.41, 5.74) is 1.99. The van der Waals surface area contributed by atoms with Crippen LogP contribution < -0.4 is 11.1 Å². The summed E-state index contributed by atoms with van der Waals surface area (Å²) in [7, 11) is 0. The van der Waals surface area contributed by atoms with Crippen LogP contribution in [0.2, 0.25) is 0 Å². The predicted molar refractivity (Wildman–Crippen MR) is 64.8 cm³/mol. The van der Waals surface area contributed by atoms with Crippen LogP contribution >= 0.6 is 0 Å². The molecule has 0 aliphatic heterocycles. The normalized spacial score (nSPS) is 12.0. The summed E-state index contributed by atoms with van der Waals surface area (Å²) >= 11 is 0. The van der Waals surface area contributed by atoms with E-state index in [4.69, 9.17) is 0 Å². The molecule has 0 radical (unpaired) electrons. The summed E-state index contributed by atoms with van der Waals surface area (Å²) in [6.45, 7) is 0. The topological polar surface area (TPSA) is 70.1 Å². The van der Waals surface area contributed by atoms with Crippen LogP contribution in [0, 0.1) is 0 Å². The molecule has 0 bridgehead atoms. The van der Waals surface area contributed by atoms with E-state index in [0.29, 0.717) is 10.8 Å². The lowest BCUT2D eigenvalue weighted by Crippen LogP contribution is -2.17. The van der Waals surface area contributed by atoms with Gasteiger partial charge >= 0.3 is 0 Å². The third-order valence-corrected chi connectivity index (χ3v) is 3.18. The van der Waals surface area contributed by atoms with Gasteiger partial charge < -0.3 is 4.40 Å². The van der Waals surface area contributed by atoms with E-state index >= 15 is 0 Å². The van der Waals surface area contributed by atoms with Crippen LogP contribution in [0.3, 0.4) is 0 Å². The van der Waals surface area contributed by atoms with Crippen molar-refractivity contribution in [1.29, 1.82) is 0 Å². The molecule has 0 amide bonds. The molecule has 5 nitrogen and oxygen atoms in total. The minimum Gasteiger partial charge on any atom is -0.309 e. The third-order valence-electron chi connectivity index (χ3n) is 3.18. The van der Waals surface area contributed by atoms with Crippen molar-refractivity contribution >= 4 is 27.3 Å². The van der Waals surface area contributed by atoms with Gasteiger partial charge in [-0.3, -0.25) is 19.8 Å². The molecule has 0 unspecified atom stereocenters. The highest BCUT2D eigenvalue weighted by Gasteiger charge is 2.15. The molecule has 4 heterocycles. The number of hydrogen-bond acceptors (Lipinski definition) is 2. The number of aromatic amines is 2. The number of hydrogen-bond donors (Lipinski definition) is 2. The minimum atomic E-state index is -0.268. The Morgan fingerprint density at radius 3 is 2.18 bits per heavy atom. The van der Waals surface area contributed by atoms with Crippen molar-refractivity contribution in [3.63, 3.8) is 0 Å². The summed E-state index contributed by atoms with van der Waals surface area (Å²) in [4.78, 5) is 23.7. The first-order valence-electron chi connectivity index (χ1n) is 5.23. The van der Waals surface area contributed by atoms with Crippen molar-refractivity contribution in [2.75, 3.05) is 0 Å². The van der Waals surface area contributed by atoms with Gasteiger partial charge in [0.15, 0.2) is 0 Å². The van der Waals surface area contributed by atoms with E-state index in [-0.39, 0.29) is 11.1 Å². The number of H-pyrrole nitrogens is 2. The van der Waals surface area contributed by atoms with E-state index < -0.39 is 0 Å². The molecule has 0 atom stereocenters. The average molecular weight is 225 g/mol. The van der Waals surface area contributed by atoms with Gasteiger partial charge in [0.05, 0.1) is 21.8 Å². The summed E-state index contributed by atoms with van der Waals surface area (Å²) in [5, 5.41) is 5.63. The summed E-state index contributed by atoms with van der Waals surface area (Å²) in [5.74, 6) is 0. The third kappa shape index (κ3) is 0.852. The van der Waals surface area contributed by atoms with Gasteiger partial charge in [-0.25, -0.2) is 0 Å². The van der Waals surface area contributed by atoms with Gasteiger partial charge in [-0.05, 0) is 24.3 Å². The molecule has 0 spiro atoms. The lowest BCUT2D eigenvalue weighted by atomic mass is 10.2. The van der Waals surface area contributed by atoms with Crippen LogP contribution in [-0.4, -0.2) is 14.6 Å². The predicted octanol–water partition coefficient (Wildman–Crippen LogP) is 1.06. The van der Waals surface area contributed by atoms with Gasteiger partial charge in [0.1, 0.15) is 0 Å². The van der Waals surface area contributed by atoms with Crippen molar-refractivity contribution in [2.24, 2.45) is 0 Å². The Bertz CT molecular complexity index is 945. The largest absolute Gasteiger partial charge is 0.309 e. The summed E-state index contributed by atoms with van der Waals surface area (Å²) in [6, 6.07) is 9.46. The van der Waals surface area contributed by atoms with Crippen LogP contribution in [0.15, 0.2) is 39.9 Å². The molecule has 5 heteroatoms. The zero-order valence-electron chi connectivity index (χ0n) is 8.65. The number of fused-ring (bicyclic) bond motifs is 3. The van der Waals surface area contributed by atoms with Gasteiger partial charge in [0.25, 0.3) is 11.1 Å². The molecular formula is C12H7N3O2. The fourth-order valence-corrected chi connectivity index (χ4v) is 2.51. The Morgan fingerprint density at radius 2 is 1.47 bits per heavy atom. The number of nitrogens with zero attached hydrogens (tertiary/aromatic N) is 1. The molecule has 0 saturated carbocycles. The highest BCUT2D eigenvalue weighted by atomic mass is 16.1. The minimum absolute atomic E-state index is 0.268. The standard InChI is InChI=1S/C12H7N3O2/c16-11-9-7-3-1-2-6-4-5-8(15(6)7)10(9)12(17)14-13-11/h1-5H,(H,13,16)(H,14,17). The molecule has 17 heavy (non-hydrogen) atoms. The average Bonchev–Trinajstić information content (AvgIpc) is 2.89. The number of aromatic nitrogens is 3. The lowest BCUT2D eigenvalue weighted by molar-refractivity contribution is 0.979. The first-order valence-corrected chi connectivity index (χ1v) is 5.23. The fraction of sp³-hybridized carbons (Fsp3) is 0. The highest BCUT2D eigenvalue weighted by Crippen LogP contribution is 2.26. The van der Waals surface area contributed by atoms with Gasteiger partial charge in [-0.1, -0.05) is 6.07 Å². The van der Waals surface area contributed by atoms with Crippen molar-refractivity contribution in [1.82, 2.24) is 14.6 Å². The van der Waals surface area contributed by atoms with E-state index in [0.717, 1.165) is 16.6 Å². The van der Waals surface area contributed by atoms with Gasteiger partial charge in [-0.2, -0.15) is 0 Å².